The summed E-state index contributed by atoms with van der Waals surface area (Å²) >= 11 is 0. The molecule has 3 nitrogen and oxygen atoms in total. The monoisotopic (exact) mass is 252 g/mol. The normalized spacial score (nSPS) is 21.9. The molecule has 1 aliphatic rings. The van der Waals surface area contributed by atoms with Crippen molar-refractivity contribution in [3.05, 3.63) is 23.4 Å². The van der Waals surface area contributed by atoms with Gasteiger partial charge in [-0.25, -0.2) is 0 Å². The highest BCUT2D eigenvalue weighted by molar-refractivity contribution is 6.53. The molecule has 0 N–H and O–H groups in total. The van der Waals surface area contributed by atoms with Gasteiger partial charge in [-0.05, 0) is 54.5 Å². The third kappa shape index (κ3) is 3.39. The molecule has 1 saturated heterocycles. The maximum Gasteiger partial charge on any atom is 0.532 e. The first-order valence-electron chi connectivity index (χ1n) is 6.53. The van der Waals surface area contributed by atoms with Gasteiger partial charge in [0.05, 0.1) is 17.8 Å². The van der Waals surface area contributed by atoms with E-state index in [1.165, 1.54) is 5.57 Å². The predicted octanol–water partition coefficient (Wildman–Crippen LogP) is 3.50. The fourth-order valence-electron chi connectivity index (χ4n) is 1.57. The molecule has 1 heterocycles. The Morgan fingerprint density at radius 1 is 1.06 bits per heavy atom. The van der Waals surface area contributed by atoms with Crippen LogP contribution in [0, 0.1) is 0 Å². The van der Waals surface area contributed by atoms with Gasteiger partial charge in [0.2, 0.25) is 0 Å². The molecule has 1 fully saturated rings. The Balaban J connectivity index is 2.91. The summed E-state index contributed by atoms with van der Waals surface area (Å²) in [6.45, 7) is 14.8. The zero-order valence-corrected chi connectivity index (χ0v) is 12.7. The van der Waals surface area contributed by atoms with Crippen molar-refractivity contribution in [3.63, 3.8) is 0 Å². The molecule has 0 aliphatic carbocycles. The Bertz CT molecular complexity index is 336. The number of hydrogen-bond acceptors (Lipinski definition) is 3. The highest BCUT2D eigenvalue weighted by Gasteiger charge is 2.53. The van der Waals surface area contributed by atoms with Crippen LogP contribution in [0.1, 0.15) is 48.5 Å². The van der Waals surface area contributed by atoms with Gasteiger partial charge < -0.3 is 14.0 Å². The van der Waals surface area contributed by atoms with E-state index >= 15 is 0 Å². The Kier molecular flexibility index (Phi) is 4.68. The Morgan fingerprint density at radius 2 is 1.56 bits per heavy atom. The fourth-order valence-corrected chi connectivity index (χ4v) is 1.57. The van der Waals surface area contributed by atoms with Crippen LogP contribution < -0.4 is 0 Å². The summed E-state index contributed by atoms with van der Waals surface area (Å²) in [5, 5.41) is 0. The molecule has 0 aromatic rings. The maximum absolute atomic E-state index is 5.97. The van der Waals surface area contributed by atoms with Crippen LogP contribution in [-0.2, 0) is 14.0 Å². The molecule has 1 aliphatic heterocycles. The lowest BCUT2D eigenvalue weighted by Gasteiger charge is -2.32. The zero-order valence-electron chi connectivity index (χ0n) is 12.7. The quantitative estimate of drug-likeness (QED) is 0.435. The van der Waals surface area contributed by atoms with Gasteiger partial charge >= 0.3 is 7.12 Å². The van der Waals surface area contributed by atoms with Crippen LogP contribution >= 0.6 is 0 Å². The van der Waals surface area contributed by atoms with Gasteiger partial charge in [0.25, 0.3) is 0 Å². The molecular weight excluding hydrogens is 227 g/mol. The van der Waals surface area contributed by atoms with Gasteiger partial charge in [0, 0.05) is 0 Å². The molecule has 0 atom stereocenters. The first-order chi connectivity index (χ1) is 8.19. The molecular formula is C14H25BO3. The van der Waals surface area contributed by atoms with Crippen LogP contribution in [0.15, 0.2) is 23.4 Å². The number of hydrogen-bond donors (Lipinski definition) is 0. The number of ether oxygens (including phenoxy) is 1. The molecule has 4 heteroatoms. The van der Waals surface area contributed by atoms with Crippen molar-refractivity contribution >= 4 is 7.12 Å². The van der Waals surface area contributed by atoms with E-state index in [1.54, 1.807) is 0 Å². The van der Waals surface area contributed by atoms with Crippen LogP contribution in [0.4, 0.5) is 0 Å². The summed E-state index contributed by atoms with van der Waals surface area (Å²) in [4.78, 5) is 0. The van der Waals surface area contributed by atoms with Crippen molar-refractivity contribution in [1.29, 1.82) is 0 Å². The van der Waals surface area contributed by atoms with Crippen molar-refractivity contribution < 1.29 is 14.0 Å². The molecule has 0 bridgehead atoms. The molecule has 0 spiro atoms. The summed E-state index contributed by atoms with van der Waals surface area (Å²) < 4.78 is 17.6. The van der Waals surface area contributed by atoms with Crippen molar-refractivity contribution in [3.8, 4) is 0 Å². The first-order valence-corrected chi connectivity index (χ1v) is 6.53. The molecule has 102 valence electrons. The molecule has 0 radical (unpaired) electrons. The van der Waals surface area contributed by atoms with Crippen LogP contribution in [-0.4, -0.2) is 24.9 Å². The van der Waals surface area contributed by atoms with Crippen LogP contribution in [0.2, 0.25) is 0 Å². The average Bonchev–Trinajstić information content (AvgIpc) is 2.42. The predicted molar refractivity (Wildman–Crippen MR) is 75.2 cm³/mol. The molecule has 18 heavy (non-hydrogen) atoms. The van der Waals surface area contributed by atoms with Crippen molar-refractivity contribution in [1.82, 2.24) is 0 Å². The standard InChI is InChI=1S/C14H25BO3/c1-8-16-12(10-9-11(2)3)15-17-13(4,5)14(6,7)18-15/h9-10H,8H2,1-7H3/b12-10+. The van der Waals surface area contributed by atoms with E-state index in [-0.39, 0.29) is 11.2 Å². The smallest absolute Gasteiger partial charge is 0.502 e. The van der Waals surface area contributed by atoms with Crippen molar-refractivity contribution in [2.45, 2.75) is 59.7 Å². The third-order valence-electron chi connectivity index (χ3n) is 3.38. The second kappa shape index (κ2) is 5.49. The summed E-state index contributed by atoms with van der Waals surface area (Å²) in [6.07, 6.45) is 3.94. The average molecular weight is 252 g/mol. The van der Waals surface area contributed by atoms with Crippen LogP contribution in [0.25, 0.3) is 0 Å². The lowest BCUT2D eigenvalue weighted by molar-refractivity contribution is 0.00578. The molecule has 0 aromatic carbocycles. The lowest BCUT2D eigenvalue weighted by atomic mass is 9.86. The Morgan fingerprint density at radius 3 is 1.94 bits per heavy atom. The molecule has 0 unspecified atom stereocenters. The van der Waals surface area contributed by atoms with E-state index in [0.717, 1.165) is 5.66 Å². The maximum atomic E-state index is 5.97. The first kappa shape index (κ1) is 15.3. The lowest BCUT2D eigenvalue weighted by Crippen LogP contribution is -2.41. The minimum absolute atomic E-state index is 0.334. The molecule has 0 amide bonds. The van der Waals surface area contributed by atoms with E-state index in [9.17, 15) is 0 Å². The van der Waals surface area contributed by atoms with Gasteiger partial charge in [-0.2, -0.15) is 0 Å². The Hall–Kier alpha value is -0.735. The third-order valence-corrected chi connectivity index (χ3v) is 3.38. The number of rotatable bonds is 4. The van der Waals surface area contributed by atoms with E-state index in [0.29, 0.717) is 6.61 Å². The largest absolute Gasteiger partial charge is 0.532 e. The summed E-state index contributed by atoms with van der Waals surface area (Å²) in [6, 6.07) is 0. The van der Waals surface area contributed by atoms with E-state index in [2.05, 4.69) is 0 Å². The second-order valence-electron chi connectivity index (χ2n) is 5.83. The zero-order chi connectivity index (χ0) is 14.0. The summed E-state index contributed by atoms with van der Waals surface area (Å²) in [5.41, 5.74) is 1.28. The van der Waals surface area contributed by atoms with Crippen molar-refractivity contribution in [2.24, 2.45) is 0 Å². The molecule has 0 saturated carbocycles. The highest BCUT2D eigenvalue weighted by atomic mass is 16.7. The SMILES string of the molecule is CCO/C(=C/C=C(C)C)B1OC(C)(C)C(C)(C)O1. The van der Waals surface area contributed by atoms with Crippen LogP contribution in [0.5, 0.6) is 0 Å². The van der Waals surface area contributed by atoms with Gasteiger partial charge in [-0.3, -0.25) is 0 Å². The van der Waals surface area contributed by atoms with Gasteiger partial charge in [-0.1, -0.05) is 11.6 Å². The Labute approximate surface area is 111 Å². The van der Waals surface area contributed by atoms with E-state index in [1.807, 2.05) is 60.6 Å². The molecule has 0 aromatic heterocycles. The summed E-state index contributed by atoms with van der Waals surface area (Å²) in [7, 11) is -0.425. The molecule has 1 rings (SSSR count). The second-order valence-corrected chi connectivity index (χ2v) is 5.83. The van der Waals surface area contributed by atoms with Gasteiger partial charge in [0.1, 0.15) is 5.66 Å². The van der Waals surface area contributed by atoms with E-state index in [4.69, 9.17) is 14.0 Å². The van der Waals surface area contributed by atoms with Crippen molar-refractivity contribution in [2.75, 3.05) is 6.61 Å². The highest BCUT2D eigenvalue weighted by Crippen LogP contribution is 2.38. The van der Waals surface area contributed by atoms with Crippen LogP contribution in [0.3, 0.4) is 0 Å². The summed E-state index contributed by atoms with van der Waals surface area (Å²) in [5.74, 6) is 0. The van der Waals surface area contributed by atoms with Gasteiger partial charge in [0.15, 0.2) is 0 Å². The van der Waals surface area contributed by atoms with E-state index < -0.39 is 7.12 Å². The number of allylic oxidation sites excluding steroid dienone is 3. The minimum atomic E-state index is -0.425. The van der Waals surface area contributed by atoms with Gasteiger partial charge in [-0.15, -0.1) is 0 Å². The topological polar surface area (TPSA) is 27.7 Å². The minimum Gasteiger partial charge on any atom is -0.502 e. The fraction of sp³-hybridized carbons (Fsp3) is 0.714.